The van der Waals surface area contributed by atoms with Crippen molar-refractivity contribution < 1.29 is 4.39 Å². The lowest BCUT2D eigenvalue weighted by Crippen LogP contribution is -1.91. The van der Waals surface area contributed by atoms with Crippen molar-refractivity contribution in [2.45, 2.75) is 31.1 Å². The lowest BCUT2D eigenvalue weighted by atomic mass is 10.3. The first kappa shape index (κ1) is 12.7. The molecule has 0 aliphatic carbocycles. The van der Waals surface area contributed by atoms with Gasteiger partial charge in [-0.25, -0.2) is 4.39 Å². The van der Waals surface area contributed by atoms with E-state index in [0.29, 0.717) is 5.02 Å². The largest absolute Gasteiger partial charge is 0.396 e. The third kappa shape index (κ3) is 3.92. The molecule has 0 saturated heterocycles. The van der Waals surface area contributed by atoms with E-state index >= 15 is 0 Å². The van der Waals surface area contributed by atoms with Crippen molar-refractivity contribution in [3.8, 4) is 0 Å². The summed E-state index contributed by atoms with van der Waals surface area (Å²) in [6.07, 6.45) is 3.55. The SMILES string of the molecule is CCCCCSc1cc(N)c(F)cc1Cl. The van der Waals surface area contributed by atoms with Crippen molar-refractivity contribution in [1.29, 1.82) is 0 Å². The van der Waals surface area contributed by atoms with E-state index < -0.39 is 5.82 Å². The first-order valence-electron chi connectivity index (χ1n) is 5.02. The minimum Gasteiger partial charge on any atom is -0.396 e. The van der Waals surface area contributed by atoms with E-state index in [1.54, 1.807) is 17.8 Å². The molecule has 0 fully saturated rings. The van der Waals surface area contributed by atoms with Crippen molar-refractivity contribution >= 4 is 29.1 Å². The average molecular weight is 248 g/mol. The van der Waals surface area contributed by atoms with Gasteiger partial charge >= 0.3 is 0 Å². The zero-order valence-electron chi connectivity index (χ0n) is 8.72. The normalized spacial score (nSPS) is 10.6. The van der Waals surface area contributed by atoms with Crippen LogP contribution in [0.4, 0.5) is 10.1 Å². The van der Waals surface area contributed by atoms with Crippen LogP contribution in [0.15, 0.2) is 17.0 Å². The second-order valence-corrected chi connectivity index (χ2v) is 4.90. The molecule has 0 unspecified atom stereocenters. The molecule has 0 aromatic heterocycles. The Morgan fingerprint density at radius 3 is 2.80 bits per heavy atom. The Labute approximate surface area is 99.2 Å². The first-order chi connectivity index (χ1) is 7.15. The molecular weight excluding hydrogens is 233 g/mol. The van der Waals surface area contributed by atoms with Crippen LogP contribution in [0, 0.1) is 5.82 Å². The summed E-state index contributed by atoms with van der Waals surface area (Å²) in [4.78, 5) is 0.867. The highest BCUT2D eigenvalue weighted by Crippen LogP contribution is 2.31. The summed E-state index contributed by atoms with van der Waals surface area (Å²) in [5.74, 6) is 0.552. The molecule has 0 heterocycles. The fourth-order valence-electron chi connectivity index (χ4n) is 1.19. The topological polar surface area (TPSA) is 26.0 Å². The van der Waals surface area contributed by atoms with Gasteiger partial charge in [-0.2, -0.15) is 0 Å². The van der Waals surface area contributed by atoms with Crippen molar-refractivity contribution in [1.82, 2.24) is 0 Å². The van der Waals surface area contributed by atoms with Crippen LogP contribution < -0.4 is 5.73 Å². The number of hydrogen-bond donors (Lipinski definition) is 1. The van der Waals surface area contributed by atoms with Crippen LogP contribution in [0.1, 0.15) is 26.2 Å². The van der Waals surface area contributed by atoms with E-state index in [2.05, 4.69) is 6.92 Å². The number of benzene rings is 1. The van der Waals surface area contributed by atoms with Gasteiger partial charge in [-0.05, 0) is 24.3 Å². The van der Waals surface area contributed by atoms with E-state index in [0.717, 1.165) is 17.1 Å². The summed E-state index contributed by atoms with van der Waals surface area (Å²) in [7, 11) is 0. The molecule has 0 spiro atoms. The number of hydrogen-bond acceptors (Lipinski definition) is 2. The predicted molar refractivity (Wildman–Crippen MR) is 66.1 cm³/mol. The predicted octanol–water partition coefficient (Wildman–Crippen LogP) is 4.34. The van der Waals surface area contributed by atoms with E-state index in [1.165, 1.54) is 18.9 Å². The molecule has 1 rings (SSSR count). The lowest BCUT2D eigenvalue weighted by molar-refractivity contribution is 0.631. The fraction of sp³-hybridized carbons (Fsp3) is 0.455. The number of unbranched alkanes of at least 4 members (excludes halogenated alkanes) is 2. The number of rotatable bonds is 5. The molecule has 0 saturated carbocycles. The van der Waals surface area contributed by atoms with Crippen molar-refractivity contribution in [2.75, 3.05) is 11.5 Å². The summed E-state index contributed by atoms with van der Waals surface area (Å²) in [5.41, 5.74) is 5.64. The van der Waals surface area contributed by atoms with Gasteiger partial charge in [-0.1, -0.05) is 31.4 Å². The zero-order valence-corrected chi connectivity index (χ0v) is 10.3. The van der Waals surface area contributed by atoms with Crippen molar-refractivity contribution in [3.63, 3.8) is 0 Å². The molecule has 4 heteroatoms. The molecule has 1 aromatic rings. The van der Waals surface area contributed by atoms with Gasteiger partial charge in [0.1, 0.15) is 5.82 Å². The standard InChI is InChI=1S/C11H15ClFNS/c1-2-3-4-5-15-11-7-10(14)9(13)6-8(11)12/h6-7H,2-5,14H2,1H3. The number of halogens is 2. The fourth-order valence-corrected chi connectivity index (χ4v) is 2.48. The summed E-state index contributed by atoms with van der Waals surface area (Å²) < 4.78 is 13.0. The summed E-state index contributed by atoms with van der Waals surface area (Å²) >= 11 is 7.53. The molecule has 84 valence electrons. The second kappa shape index (κ2) is 6.23. The zero-order chi connectivity index (χ0) is 11.3. The molecule has 0 aliphatic rings. The minimum atomic E-state index is -0.446. The number of anilines is 1. The highest BCUT2D eigenvalue weighted by Gasteiger charge is 2.06. The molecular formula is C11H15ClFNS. The van der Waals surface area contributed by atoms with Crippen molar-refractivity contribution in [2.24, 2.45) is 0 Å². The first-order valence-corrected chi connectivity index (χ1v) is 6.38. The third-order valence-electron chi connectivity index (χ3n) is 2.06. The quantitative estimate of drug-likeness (QED) is 0.476. The minimum absolute atomic E-state index is 0.164. The summed E-state index contributed by atoms with van der Waals surface area (Å²) in [5, 5.41) is 0.447. The van der Waals surface area contributed by atoms with Crippen LogP contribution in [0.25, 0.3) is 0 Å². The number of nitrogen functional groups attached to an aromatic ring is 1. The van der Waals surface area contributed by atoms with Gasteiger partial charge in [0, 0.05) is 4.90 Å². The van der Waals surface area contributed by atoms with E-state index in [9.17, 15) is 4.39 Å². The van der Waals surface area contributed by atoms with Crippen LogP contribution in [0.5, 0.6) is 0 Å². The van der Waals surface area contributed by atoms with E-state index in [4.69, 9.17) is 17.3 Å². The smallest absolute Gasteiger partial charge is 0.147 e. The van der Waals surface area contributed by atoms with Crippen LogP contribution in [0.3, 0.4) is 0 Å². The summed E-state index contributed by atoms with van der Waals surface area (Å²) in [6, 6.07) is 2.88. The third-order valence-corrected chi connectivity index (χ3v) is 3.62. The Bertz CT molecular complexity index is 331. The van der Waals surface area contributed by atoms with Gasteiger partial charge < -0.3 is 5.73 Å². The molecule has 15 heavy (non-hydrogen) atoms. The van der Waals surface area contributed by atoms with E-state index in [1.807, 2.05) is 0 Å². The Kier molecular flexibility index (Phi) is 5.26. The molecule has 0 atom stereocenters. The van der Waals surface area contributed by atoms with Crippen LogP contribution in [-0.4, -0.2) is 5.75 Å². The van der Waals surface area contributed by atoms with E-state index in [-0.39, 0.29) is 5.69 Å². The maximum atomic E-state index is 13.0. The van der Waals surface area contributed by atoms with Crippen molar-refractivity contribution in [3.05, 3.63) is 23.0 Å². The van der Waals surface area contributed by atoms with Gasteiger partial charge in [0.2, 0.25) is 0 Å². The van der Waals surface area contributed by atoms with Crippen LogP contribution in [-0.2, 0) is 0 Å². The molecule has 0 bridgehead atoms. The Hall–Kier alpha value is -0.410. The second-order valence-electron chi connectivity index (χ2n) is 3.36. The average Bonchev–Trinajstić information content (AvgIpc) is 2.20. The molecule has 0 aliphatic heterocycles. The number of thioether (sulfide) groups is 1. The molecule has 0 amide bonds. The molecule has 1 nitrogen and oxygen atoms in total. The molecule has 2 N–H and O–H groups in total. The Morgan fingerprint density at radius 2 is 2.13 bits per heavy atom. The molecule has 1 aromatic carbocycles. The van der Waals surface area contributed by atoms with Gasteiger partial charge in [0.15, 0.2) is 0 Å². The maximum absolute atomic E-state index is 13.0. The van der Waals surface area contributed by atoms with Gasteiger partial charge in [0.25, 0.3) is 0 Å². The molecule has 0 radical (unpaired) electrons. The monoisotopic (exact) mass is 247 g/mol. The van der Waals surface area contributed by atoms with Gasteiger partial charge in [0.05, 0.1) is 10.7 Å². The maximum Gasteiger partial charge on any atom is 0.147 e. The highest BCUT2D eigenvalue weighted by atomic mass is 35.5. The van der Waals surface area contributed by atoms with Crippen LogP contribution >= 0.6 is 23.4 Å². The van der Waals surface area contributed by atoms with Crippen LogP contribution in [0.2, 0.25) is 5.02 Å². The Morgan fingerprint density at radius 1 is 1.40 bits per heavy atom. The Balaban J connectivity index is 2.57. The lowest BCUT2D eigenvalue weighted by Gasteiger charge is -2.05. The highest BCUT2D eigenvalue weighted by molar-refractivity contribution is 7.99. The summed E-state index contributed by atoms with van der Waals surface area (Å²) in [6.45, 7) is 2.16. The number of nitrogens with two attached hydrogens (primary N) is 1. The van der Waals surface area contributed by atoms with Gasteiger partial charge in [-0.3, -0.25) is 0 Å². The van der Waals surface area contributed by atoms with Gasteiger partial charge in [-0.15, -0.1) is 11.8 Å².